The zero-order valence-corrected chi connectivity index (χ0v) is 13.4. The predicted molar refractivity (Wildman–Crippen MR) is 87.1 cm³/mol. The summed E-state index contributed by atoms with van der Waals surface area (Å²) in [5.41, 5.74) is -0.0843. The number of aromatic nitrogens is 1. The van der Waals surface area contributed by atoms with E-state index in [0.29, 0.717) is 31.7 Å². The molecule has 0 aliphatic carbocycles. The van der Waals surface area contributed by atoms with Gasteiger partial charge in [0.25, 0.3) is 5.69 Å². The molecule has 25 heavy (non-hydrogen) atoms. The highest BCUT2D eigenvalue weighted by Crippen LogP contribution is 2.23. The van der Waals surface area contributed by atoms with Crippen LogP contribution in [0.5, 0.6) is 0 Å². The Morgan fingerprint density at radius 3 is 2.52 bits per heavy atom. The van der Waals surface area contributed by atoms with Crippen LogP contribution in [0.3, 0.4) is 0 Å². The largest absolute Gasteiger partial charge is 0.369 e. The first-order valence-electron chi connectivity index (χ1n) is 7.72. The van der Waals surface area contributed by atoms with Crippen LogP contribution >= 0.6 is 0 Å². The molecular formula is C15H17N7O3. The van der Waals surface area contributed by atoms with E-state index in [1.807, 2.05) is 0 Å². The van der Waals surface area contributed by atoms with Crippen molar-refractivity contribution in [2.24, 2.45) is 0 Å². The monoisotopic (exact) mass is 343 g/mol. The molecule has 1 fully saturated rings. The van der Waals surface area contributed by atoms with Crippen LogP contribution in [0.1, 0.15) is 12.8 Å². The van der Waals surface area contributed by atoms with E-state index in [1.54, 1.807) is 0 Å². The molecule has 0 aromatic carbocycles. The molecule has 0 saturated carbocycles. The number of amides is 1. The zero-order chi connectivity index (χ0) is 18.2. The van der Waals surface area contributed by atoms with Gasteiger partial charge in [-0.25, -0.2) is 4.98 Å². The van der Waals surface area contributed by atoms with Crippen molar-refractivity contribution >= 4 is 17.4 Å². The summed E-state index contributed by atoms with van der Waals surface area (Å²) < 4.78 is 0. The number of nitrogens with zero attached hydrogens (tertiary/aromatic N) is 5. The lowest BCUT2D eigenvalue weighted by atomic mass is 10.2. The van der Waals surface area contributed by atoms with E-state index in [4.69, 9.17) is 10.5 Å². The van der Waals surface area contributed by atoms with Crippen LogP contribution in [0.2, 0.25) is 0 Å². The molecule has 2 rings (SSSR count). The highest BCUT2D eigenvalue weighted by molar-refractivity contribution is 5.80. The molecule has 1 aliphatic rings. The molecule has 2 N–H and O–H groups in total. The Morgan fingerprint density at radius 2 is 2.00 bits per heavy atom. The Hall–Kier alpha value is -3.24. The maximum absolute atomic E-state index is 12.2. The van der Waals surface area contributed by atoms with Crippen LogP contribution in [-0.4, -0.2) is 52.4 Å². The van der Waals surface area contributed by atoms with Gasteiger partial charge >= 0.3 is 0 Å². The van der Waals surface area contributed by atoms with Crippen LogP contribution in [0.15, 0.2) is 18.3 Å². The lowest BCUT2D eigenvalue weighted by Crippen LogP contribution is -2.45. The first kappa shape index (κ1) is 18.1. The molecule has 2 atom stereocenters. The third-order valence-corrected chi connectivity index (χ3v) is 3.81. The van der Waals surface area contributed by atoms with Crippen molar-refractivity contribution < 1.29 is 9.72 Å². The first-order valence-corrected chi connectivity index (χ1v) is 7.72. The van der Waals surface area contributed by atoms with Gasteiger partial charge in [0, 0.05) is 19.2 Å². The fourth-order valence-electron chi connectivity index (χ4n) is 2.58. The van der Waals surface area contributed by atoms with Crippen molar-refractivity contribution in [3.05, 3.63) is 28.4 Å². The molecule has 0 spiro atoms. The maximum Gasteiger partial charge on any atom is 0.287 e. The summed E-state index contributed by atoms with van der Waals surface area (Å²) in [6.45, 7) is 0.944. The summed E-state index contributed by atoms with van der Waals surface area (Å²) in [7, 11) is 0. The SMILES string of the molecule is N#C[C@@H]1CC[C@H](C#N)N1C(=O)CNCCNc1ccc([N+](=O)[O-])cn1. The van der Waals surface area contributed by atoms with Gasteiger partial charge in [-0.3, -0.25) is 14.9 Å². The van der Waals surface area contributed by atoms with Gasteiger partial charge in [-0.05, 0) is 18.9 Å². The van der Waals surface area contributed by atoms with E-state index in [-0.39, 0.29) is 18.1 Å². The van der Waals surface area contributed by atoms with Crippen LogP contribution < -0.4 is 10.6 Å². The highest BCUT2D eigenvalue weighted by Gasteiger charge is 2.36. The second kappa shape index (κ2) is 8.57. The highest BCUT2D eigenvalue weighted by atomic mass is 16.6. The minimum Gasteiger partial charge on any atom is -0.369 e. The van der Waals surface area contributed by atoms with Crippen LogP contribution in [0.4, 0.5) is 11.5 Å². The van der Waals surface area contributed by atoms with Gasteiger partial charge in [0.2, 0.25) is 5.91 Å². The number of likely N-dealkylation sites (tertiary alicyclic amines) is 1. The fourth-order valence-corrected chi connectivity index (χ4v) is 2.58. The number of carbonyl (C=O) groups is 1. The topological polar surface area (TPSA) is 148 Å². The lowest BCUT2D eigenvalue weighted by molar-refractivity contribution is -0.385. The minimum absolute atomic E-state index is 0.0335. The van der Waals surface area contributed by atoms with E-state index < -0.39 is 17.0 Å². The lowest BCUT2D eigenvalue weighted by Gasteiger charge is -2.23. The van der Waals surface area contributed by atoms with Crippen molar-refractivity contribution in [2.45, 2.75) is 24.9 Å². The summed E-state index contributed by atoms with van der Waals surface area (Å²) in [4.78, 5) is 27.4. The van der Waals surface area contributed by atoms with E-state index in [1.165, 1.54) is 17.0 Å². The Kier molecular flexibility index (Phi) is 6.20. The molecule has 0 radical (unpaired) electrons. The zero-order valence-electron chi connectivity index (χ0n) is 13.4. The van der Waals surface area contributed by atoms with Crippen molar-refractivity contribution in [3.63, 3.8) is 0 Å². The Balaban J connectivity index is 1.72. The average Bonchev–Trinajstić information content (AvgIpc) is 3.04. The molecule has 1 aliphatic heterocycles. The van der Waals surface area contributed by atoms with Gasteiger partial charge < -0.3 is 15.5 Å². The summed E-state index contributed by atoms with van der Waals surface area (Å²) in [6, 6.07) is 5.88. The van der Waals surface area contributed by atoms with Crippen molar-refractivity contribution in [3.8, 4) is 12.1 Å². The number of nitriles is 2. The summed E-state index contributed by atoms with van der Waals surface area (Å²) >= 11 is 0. The number of anilines is 1. The first-order chi connectivity index (χ1) is 12.1. The molecule has 10 heteroatoms. The van der Waals surface area contributed by atoms with Gasteiger partial charge in [-0.15, -0.1) is 0 Å². The Morgan fingerprint density at radius 1 is 1.32 bits per heavy atom. The number of rotatable bonds is 7. The van der Waals surface area contributed by atoms with Crippen molar-refractivity contribution in [1.82, 2.24) is 15.2 Å². The molecule has 1 aromatic rings. The number of nitrogens with one attached hydrogen (secondary N) is 2. The summed E-state index contributed by atoms with van der Waals surface area (Å²) in [5.74, 6) is 0.219. The molecule has 2 heterocycles. The number of pyridine rings is 1. The molecule has 1 amide bonds. The molecule has 0 bridgehead atoms. The third kappa shape index (κ3) is 4.62. The van der Waals surface area contributed by atoms with Gasteiger partial charge in [-0.1, -0.05) is 0 Å². The molecular weight excluding hydrogens is 326 g/mol. The third-order valence-electron chi connectivity index (χ3n) is 3.81. The Bertz CT molecular complexity index is 685. The van der Waals surface area contributed by atoms with E-state index in [0.717, 1.165) is 6.20 Å². The molecule has 130 valence electrons. The van der Waals surface area contributed by atoms with Crippen LogP contribution in [0, 0.1) is 32.8 Å². The predicted octanol–water partition coefficient (Wildman–Crippen LogP) is 0.398. The summed E-state index contributed by atoms with van der Waals surface area (Å²) in [5, 5.41) is 34.6. The van der Waals surface area contributed by atoms with E-state index in [9.17, 15) is 14.9 Å². The number of hydrogen-bond donors (Lipinski definition) is 2. The van der Waals surface area contributed by atoms with Crippen molar-refractivity contribution in [2.75, 3.05) is 25.0 Å². The Labute approximate surface area is 144 Å². The number of nitro groups is 1. The normalized spacial score (nSPS) is 19.0. The molecule has 0 unspecified atom stereocenters. The van der Waals surface area contributed by atoms with Gasteiger partial charge in [0.15, 0.2) is 0 Å². The summed E-state index contributed by atoms with van der Waals surface area (Å²) in [6.07, 6.45) is 2.21. The van der Waals surface area contributed by atoms with Crippen LogP contribution in [0.25, 0.3) is 0 Å². The number of hydrogen-bond acceptors (Lipinski definition) is 8. The van der Waals surface area contributed by atoms with E-state index >= 15 is 0 Å². The van der Waals surface area contributed by atoms with E-state index in [2.05, 4.69) is 27.8 Å². The smallest absolute Gasteiger partial charge is 0.287 e. The quantitative estimate of drug-likeness (QED) is 0.410. The molecule has 1 aromatic heterocycles. The van der Waals surface area contributed by atoms with Gasteiger partial charge in [0.05, 0.1) is 23.6 Å². The van der Waals surface area contributed by atoms with Crippen molar-refractivity contribution in [1.29, 1.82) is 10.5 Å². The molecule has 1 saturated heterocycles. The standard InChI is InChI=1S/C15H17N7O3/c16-7-11-1-2-12(8-17)21(11)15(23)10-18-5-6-19-14-4-3-13(9-20-14)22(24)25/h3-4,9,11-12,18H,1-2,5-6,10H2,(H,19,20)/t11-,12+. The number of carbonyl (C=O) groups excluding carboxylic acids is 1. The second-order valence-corrected chi connectivity index (χ2v) is 5.43. The van der Waals surface area contributed by atoms with Crippen LogP contribution in [-0.2, 0) is 4.79 Å². The maximum atomic E-state index is 12.2. The average molecular weight is 343 g/mol. The van der Waals surface area contributed by atoms with Gasteiger partial charge in [0.1, 0.15) is 24.1 Å². The molecule has 10 nitrogen and oxygen atoms in total. The second-order valence-electron chi connectivity index (χ2n) is 5.43. The minimum atomic E-state index is -0.540. The fraction of sp³-hybridized carbons (Fsp3) is 0.467. The van der Waals surface area contributed by atoms with Gasteiger partial charge in [-0.2, -0.15) is 10.5 Å².